The Kier molecular flexibility index (Phi) is 4.25. The van der Waals surface area contributed by atoms with E-state index in [1.54, 1.807) is 22.9 Å². The third kappa shape index (κ3) is 2.91. The molecule has 3 aromatic rings. The summed E-state index contributed by atoms with van der Waals surface area (Å²) in [6, 6.07) is 4.96. The molecule has 0 aliphatic heterocycles. The molecule has 1 aromatic carbocycles. The summed E-state index contributed by atoms with van der Waals surface area (Å²) < 4.78 is 8.04. The van der Waals surface area contributed by atoms with Crippen LogP contribution in [0.3, 0.4) is 0 Å². The SMILES string of the molecule is Cc1nn(C(C)c2nc(-c3ccc(Cl)cc3Cl)no2)cc1Br. The van der Waals surface area contributed by atoms with E-state index in [2.05, 4.69) is 31.2 Å². The number of benzene rings is 1. The second-order valence-corrected chi connectivity index (χ2v) is 6.50. The van der Waals surface area contributed by atoms with Crippen molar-refractivity contribution >= 4 is 39.1 Å². The van der Waals surface area contributed by atoms with Crippen molar-refractivity contribution in [3.63, 3.8) is 0 Å². The zero-order valence-electron chi connectivity index (χ0n) is 11.7. The molecule has 1 atom stereocenters. The van der Waals surface area contributed by atoms with E-state index >= 15 is 0 Å². The van der Waals surface area contributed by atoms with Crippen LogP contribution in [0.4, 0.5) is 0 Å². The first-order valence-electron chi connectivity index (χ1n) is 6.46. The number of hydrogen-bond donors (Lipinski definition) is 0. The molecule has 0 aliphatic rings. The van der Waals surface area contributed by atoms with Crippen molar-refractivity contribution < 1.29 is 4.52 Å². The van der Waals surface area contributed by atoms with Crippen molar-refractivity contribution in [2.24, 2.45) is 0 Å². The minimum atomic E-state index is -0.183. The van der Waals surface area contributed by atoms with E-state index in [-0.39, 0.29) is 6.04 Å². The van der Waals surface area contributed by atoms with E-state index in [0.29, 0.717) is 27.3 Å². The first-order valence-corrected chi connectivity index (χ1v) is 8.01. The molecular formula is C14H11BrCl2N4O. The van der Waals surface area contributed by atoms with E-state index in [0.717, 1.165) is 10.2 Å². The monoisotopic (exact) mass is 400 g/mol. The van der Waals surface area contributed by atoms with Crippen molar-refractivity contribution in [3.8, 4) is 11.4 Å². The molecule has 1 unspecified atom stereocenters. The summed E-state index contributed by atoms with van der Waals surface area (Å²) >= 11 is 15.5. The Balaban J connectivity index is 1.93. The zero-order valence-corrected chi connectivity index (χ0v) is 14.8. The Morgan fingerprint density at radius 1 is 1.32 bits per heavy atom. The van der Waals surface area contributed by atoms with Gasteiger partial charge in [0.25, 0.3) is 5.89 Å². The molecular weight excluding hydrogens is 391 g/mol. The van der Waals surface area contributed by atoms with E-state index < -0.39 is 0 Å². The molecule has 2 heterocycles. The molecule has 114 valence electrons. The van der Waals surface area contributed by atoms with Crippen molar-refractivity contribution in [1.82, 2.24) is 19.9 Å². The van der Waals surface area contributed by atoms with Crippen LogP contribution in [0, 0.1) is 6.92 Å². The van der Waals surface area contributed by atoms with Gasteiger partial charge in [0, 0.05) is 16.8 Å². The van der Waals surface area contributed by atoms with Gasteiger partial charge in [-0.2, -0.15) is 10.1 Å². The van der Waals surface area contributed by atoms with E-state index in [1.807, 2.05) is 20.0 Å². The fourth-order valence-electron chi connectivity index (χ4n) is 1.96. The molecule has 0 fully saturated rings. The van der Waals surface area contributed by atoms with Gasteiger partial charge in [-0.3, -0.25) is 4.68 Å². The van der Waals surface area contributed by atoms with Crippen LogP contribution in [0.25, 0.3) is 11.4 Å². The number of aryl methyl sites for hydroxylation is 1. The highest BCUT2D eigenvalue weighted by molar-refractivity contribution is 9.10. The standard InChI is InChI=1S/C14H11BrCl2N4O/c1-7-11(15)6-21(19-7)8(2)14-18-13(20-22-14)10-4-3-9(16)5-12(10)17/h3-6,8H,1-2H3. The Morgan fingerprint density at radius 2 is 2.09 bits per heavy atom. The predicted molar refractivity (Wildman–Crippen MR) is 88.2 cm³/mol. The minimum Gasteiger partial charge on any atom is -0.337 e. The second kappa shape index (κ2) is 6.02. The van der Waals surface area contributed by atoms with Gasteiger partial charge < -0.3 is 4.52 Å². The maximum Gasteiger partial charge on any atom is 0.251 e. The maximum atomic E-state index is 6.16. The molecule has 0 amide bonds. The fourth-order valence-corrected chi connectivity index (χ4v) is 2.74. The normalized spacial score (nSPS) is 12.6. The number of hydrogen-bond acceptors (Lipinski definition) is 4. The molecule has 2 aromatic heterocycles. The predicted octanol–water partition coefficient (Wildman–Crippen LogP) is 4.92. The average Bonchev–Trinajstić information content (AvgIpc) is 3.06. The Morgan fingerprint density at radius 3 is 2.73 bits per heavy atom. The highest BCUT2D eigenvalue weighted by atomic mass is 79.9. The molecule has 8 heteroatoms. The molecule has 0 saturated heterocycles. The quantitative estimate of drug-likeness (QED) is 0.624. The van der Waals surface area contributed by atoms with Gasteiger partial charge in [0.1, 0.15) is 6.04 Å². The van der Waals surface area contributed by atoms with Crippen LogP contribution >= 0.6 is 39.1 Å². The summed E-state index contributed by atoms with van der Waals surface area (Å²) in [6.07, 6.45) is 1.87. The van der Waals surface area contributed by atoms with Crippen LogP contribution in [0.5, 0.6) is 0 Å². The van der Waals surface area contributed by atoms with Crippen molar-refractivity contribution in [2.75, 3.05) is 0 Å². The van der Waals surface area contributed by atoms with Crippen molar-refractivity contribution in [2.45, 2.75) is 19.9 Å². The number of rotatable bonds is 3. The molecule has 0 saturated carbocycles. The van der Waals surface area contributed by atoms with E-state index in [9.17, 15) is 0 Å². The summed E-state index contributed by atoms with van der Waals surface area (Å²) in [5.74, 6) is 0.877. The lowest BCUT2D eigenvalue weighted by atomic mass is 10.2. The van der Waals surface area contributed by atoms with E-state index in [4.69, 9.17) is 27.7 Å². The molecule has 0 radical (unpaired) electrons. The lowest BCUT2D eigenvalue weighted by molar-refractivity contribution is 0.336. The van der Waals surface area contributed by atoms with Gasteiger partial charge in [-0.1, -0.05) is 28.4 Å². The maximum absolute atomic E-state index is 6.16. The summed E-state index contributed by atoms with van der Waals surface area (Å²) in [5, 5.41) is 9.42. The second-order valence-electron chi connectivity index (χ2n) is 4.80. The summed E-state index contributed by atoms with van der Waals surface area (Å²) in [4.78, 5) is 4.40. The van der Waals surface area contributed by atoms with Crippen LogP contribution in [0.1, 0.15) is 24.6 Å². The lowest BCUT2D eigenvalue weighted by Crippen LogP contribution is -2.07. The van der Waals surface area contributed by atoms with Crippen molar-refractivity contribution in [3.05, 3.63) is 50.5 Å². The largest absolute Gasteiger partial charge is 0.337 e. The number of nitrogens with zero attached hydrogens (tertiary/aromatic N) is 4. The third-order valence-corrected chi connectivity index (χ3v) is 4.55. The summed E-state index contributed by atoms with van der Waals surface area (Å²) in [6.45, 7) is 3.85. The molecule has 22 heavy (non-hydrogen) atoms. The smallest absolute Gasteiger partial charge is 0.251 e. The Labute approximate surface area is 145 Å². The fraction of sp³-hybridized carbons (Fsp3) is 0.214. The van der Waals surface area contributed by atoms with Crippen molar-refractivity contribution in [1.29, 1.82) is 0 Å². The van der Waals surface area contributed by atoms with Gasteiger partial charge in [0.15, 0.2) is 0 Å². The first kappa shape index (κ1) is 15.5. The van der Waals surface area contributed by atoms with Gasteiger partial charge >= 0.3 is 0 Å². The van der Waals surface area contributed by atoms with Gasteiger partial charge in [0.05, 0.1) is 15.2 Å². The molecule has 3 rings (SSSR count). The molecule has 0 spiro atoms. The number of aromatic nitrogens is 4. The third-order valence-electron chi connectivity index (χ3n) is 3.22. The summed E-state index contributed by atoms with van der Waals surface area (Å²) in [5.41, 5.74) is 1.57. The Bertz CT molecular complexity index is 811. The topological polar surface area (TPSA) is 56.7 Å². The summed E-state index contributed by atoms with van der Waals surface area (Å²) in [7, 11) is 0. The number of halogens is 3. The van der Waals surface area contributed by atoms with Gasteiger partial charge in [-0.15, -0.1) is 0 Å². The lowest BCUT2D eigenvalue weighted by Gasteiger charge is -2.06. The minimum absolute atomic E-state index is 0.183. The molecule has 5 nitrogen and oxygen atoms in total. The highest BCUT2D eigenvalue weighted by Crippen LogP contribution is 2.29. The van der Waals surface area contributed by atoms with Gasteiger partial charge in [-0.05, 0) is 48.0 Å². The van der Waals surface area contributed by atoms with E-state index in [1.165, 1.54) is 0 Å². The highest BCUT2D eigenvalue weighted by Gasteiger charge is 2.19. The van der Waals surface area contributed by atoms with Gasteiger partial charge in [0.2, 0.25) is 5.82 Å². The van der Waals surface area contributed by atoms with Crippen LogP contribution in [0.15, 0.2) is 33.4 Å². The molecule has 0 bridgehead atoms. The zero-order chi connectivity index (χ0) is 15.9. The Hall–Kier alpha value is -1.37. The first-order chi connectivity index (χ1) is 10.5. The molecule has 0 aliphatic carbocycles. The van der Waals surface area contributed by atoms with Crippen LogP contribution < -0.4 is 0 Å². The van der Waals surface area contributed by atoms with Crippen LogP contribution in [-0.4, -0.2) is 19.9 Å². The average molecular weight is 402 g/mol. The van der Waals surface area contributed by atoms with Gasteiger partial charge in [-0.25, -0.2) is 0 Å². The van der Waals surface area contributed by atoms with Crippen LogP contribution in [-0.2, 0) is 0 Å². The van der Waals surface area contributed by atoms with Crippen LogP contribution in [0.2, 0.25) is 10.0 Å². The molecule has 0 N–H and O–H groups in total.